The second kappa shape index (κ2) is 11.4. The molecule has 1 N–H and O–H groups in total. The maximum absolute atomic E-state index is 12.8. The maximum atomic E-state index is 12.8. The molecule has 0 bridgehead atoms. The van der Waals surface area contributed by atoms with Crippen molar-refractivity contribution in [2.75, 3.05) is 30.4 Å². The number of carbonyl (C=O) groups excluding carboxylic acids is 1. The largest absolute Gasteiger partial charge is 0.414 e. The van der Waals surface area contributed by atoms with Crippen LogP contribution < -0.4 is 10.2 Å². The molecule has 0 radical (unpaired) electrons. The molecule has 2 aromatic heterocycles. The van der Waals surface area contributed by atoms with Crippen LogP contribution in [0, 0.1) is 0 Å². The van der Waals surface area contributed by atoms with Crippen LogP contribution in [0.2, 0.25) is 18.1 Å². The Balaban J connectivity index is 1.33. The van der Waals surface area contributed by atoms with Crippen LogP contribution in [0.3, 0.4) is 0 Å². The number of pyridine rings is 1. The minimum absolute atomic E-state index is 0.221. The number of nitrogens with one attached hydrogen (secondary N) is 1. The summed E-state index contributed by atoms with van der Waals surface area (Å²) < 4.78 is 11.9. The van der Waals surface area contributed by atoms with Crippen molar-refractivity contribution in [3.8, 4) is 11.3 Å². The third kappa shape index (κ3) is 6.65. The number of benzene rings is 1. The minimum Gasteiger partial charge on any atom is -0.414 e. The van der Waals surface area contributed by atoms with E-state index in [1.165, 1.54) is 11.3 Å². The molecule has 4 rings (SSSR count). The molecule has 0 saturated carbocycles. The van der Waals surface area contributed by atoms with Crippen molar-refractivity contribution in [1.82, 2.24) is 9.97 Å². The van der Waals surface area contributed by atoms with Crippen LogP contribution in [-0.4, -0.2) is 50.5 Å². The van der Waals surface area contributed by atoms with Gasteiger partial charge in [-0.25, -0.2) is 9.97 Å². The van der Waals surface area contributed by atoms with Gasteiger partial charge in [-0.15, -0.1) is 11.3 Å². The fourth-order valence-electron chi connectivity index (χ4n) is 4.20. The molecule has 0 atom stereocenters. The van der Waals surface area contributed by atoms with E-state index in [1.54, 1.807) is 19.4 Å². The predicted octanol–water partition coefficient (Wildman–Crippen LogP) is 6.59. The van der Waals surface area contributed by atoms with E-state index in [0.29, 0.717) is 23.5 Å². The molecule has 0 unspecified atom stereocenters. The molecule has 0 aliphatic carbocycles. The molecule has 0 spiro atoms. The number of thiazole rings is 1. The van der Waals surface area contributed by atoms with Crippen LogP contribution in [0.15, 0.2) is 48.0 Å². The van der Waals surface area contributed by atoms with Crippen molar-refractivity contribution >= 4 is 36.4 Å². The first-order chi connectivity index (χ1) is 17.6. The van der Waals surface area contributed by atoms with Gasteiger partial charge in [-0.1, -0.05) is 45.0 Å². The zero-order valence-electron chi connectivity index (χ0n) is 22.7. The lowest BCUT2D eigenvalue weighted by Crippen LogP contribution is -2.47. The summed E-state index contributed by atoms with van der Waals surface area (Å²) in [6.45, 7) is 13.9. The van der Waals surface area contributed by atoms with E-state index in [0.717, 1.165) is 48.4 Å². The summed E-state index contributed by atoms with van der Waals surface area (Å²) in [5.41, 5.74) is 4.28. The summed E-state index contributed by atoms with van der Waals surface area (Å²) in [6.07, 6.45) is 4.13. The molecular formula is C28H38N4O3SSi. The van der Waals surface area contributed by atoms with Crippen molar-refractivity contribution in [3.63, 3.8) is 0 Å². The maximum Gasteiger partial charge on any atom is 0.276 e. The van der Waals surface area contributed by atoms with Gasteiger partial charge in [-0.05, 0) is 48.7 Å². The van der Waals surface area contributed by atoms with Gasteiger partial charge < -0.3 is 14.1 Å². The Morgan fingerprint density at radius 2 is 1.89 bits per heavy atom. The summed E-state index contributed by atoms with van der Waals surface area (Å²) in [4.78, 5) is 24.2. The lowest BCUT2D eigenvalue weighted by molar-refractivity contribution is 0.102. The van der Waals surface area contributed by atoms with E-state index in [2.05, 4.69) is 54.0 Å². The number of ether oxygens (including phenoxy) is 1. The quantitative estimate of drug-likeness (QED) is 0.326. The first kappa shape index (κ1) is 27.4. The lowest BCUT2D eigenvalue weighted by Gasteiger charge is -2.42. The molecular weight excluding hydrogens is 500 g/mol. The van der Waals surface area contributed by atoms with Crippen molar-refractivity contribution in [2.24, 2.45) is 0 Å². The summed E-state index contributed by atoms with van der Waals surface area (Å²) >= 11 is 1.40. The van der Waals surface area contributed by atoms with Crippen LogP contribution in [0.25, 0.3) is 11.3 Å². The molecule has 1 aliphatic heterocycles. The molecule has 3 aromatic rings. The number of piperidine rings is 1. The van der Waals surface area contributed by atoms with Crippen molar-refractivity contribution in [2.45, 2.75) is 64.5 Å². The lowest BCUT2D eigenvalue weighted by atomic mass is 10.1. The fourth-order valence-corrected chi connectivity index (χ4v) is 6.33. The number of hydrogen-bond acceptors (Lipinski definition) is 7. The molecule has 1 aromatic carbocycles. The van der Waals surface area contributed by atoms with E-state index >= 15 is 0 Å². The Morgan fingerprint density at radius 3 is 2.54 bits per heavy atom. The van der Waals surface area contributed by atoms with Crippen LogP contribution >= 0.6 is 11.3 Å². The Hall–Kier alpha value is -2.59. The highest BCUT2D eigenvalue weighted by Crippen LogP contribution is 2.38. The first-order valence-corrected chi connectivity index (χ1v) is 16.6. The third-order valence-electron chi connectivity index (χ3n) is 7.37. The molecule has 1 fully saturated rings. The molecule has 1 saturated heterocycles. The van der Waals surface area contributed by atoms with Gasteiger partial charge >= 0.3 is 0 Å². The Kier molecular flexibility index (Phi) is 8.48. The Bertz CT molecular complexity index is 1200. The van der Waals surface area contributed by atoms with Gasteiger partial charge in [0.2, 0.25) is 0 Å². The number of methoxy groups -OCH3 is 1. The zero-order chi connectivity index (χ0) is 26.6. The van der Waals surface area contributed by atoms with Gasteiger partial charge in [0.25, 0.3) is 5.91 Å². The third-order valence-corrected chi connectivity index (χ3v) is 12.7. The molecule has 9 heteroatoms. The number of rotatable bonds is 8. The van der Waals surface area contributed by atoms with Gasteiger partial charge in [-0.3, -0.25) is 10.1 Å². The van der Waals surface area contributed by atoms with E-state index < -0.39 is 8.32 Å². The van der Waals surface area contributed by atoms with Crippen LogP contribution in [0.4, 0.5) is 10.8 Å². The Morgan fingerprint density at radius 1 is 1.16 bits per heavy atom. The van der Waals surface area contributed by atoms with Gasteiger partial charge in [-0.2, -0.15) is 0 Å². The SMILES string of the molecule is COCc1ccccc1-c1csc(NC(=O)c2ccc(N3CCC(O[Si](C)(C)C(C)(C)C)CC3)cn2)n1. The van der Waals surface area contributed by atoms with Gasteiger partial charge in [0.1, 0.15) is 5.69 Å². The molecule has 1 aliphatic rings. The van der Waals surface area contributed by atoms with E-state index in [1.807, 2.05) is 35.7 Å². The van der Waals surface area contributed by atoms with Crippen molar-refractivity contribution in [1.29, 1.82) is 0 Å². The average Bonchev–Trinajstić information content (AvgIpc) is 3.32. The molecule has 1 amide bonds. The van der Waals surface area contributed by atoms with E-state index in [4.69, 9.17) is 9.16 Å². The van der Waals surface area contributed by atoms with Crippen LogP contribution in [0.1, 0.15) is 49.7 Å². The highest BCUT2D eigenvalue weighted by Gasteiger charge is 2.39. The molecule has 3 heterocycles. The molecule has 198 valence electrons. The van der Waals surface area contributed by atoms with Crippen molar-refractivity contribution in [3.05, 3.63) is 59.2 Å². The monoisotopic (exact) mass is 538 g/mol. The number of carbonyl (C=O) groups is 1. The van der Waals surface area contributed by atoms with Crippen LogP contribution in [0.5, 0.6) is 0 Å². The number of nitrogens with zero attached hydrogens (tertiary/aromatic N) is 3. The topological polar surface area (TPSA) is 76.6 Å². The number of hydrogen-bond donors (Lipinski definition) is 1. The van der Waals surface area contributed by atoms with Crippen molar-refractivity contribution < 1.29 is 14.0 Å². The average molecular weight is 539 g/mol. The van der Waals surface area contributed by atoms with Gasteiger partial charge in [0.15, 0.2) is 13.4 Å². The summed E-state index contributed by atoms with van der Waals surface area (Å²) in [5, 5.41) is 5.60. The zero-order valence-corrected chi connectivity index (χ0v) is 24.5. The number of amides is 1. The number of aromatic nitrogens is 2. The van der Waals surface area contributed by atoms with Gasteiger partial charge in [0.05, 0.1) is 24.2 Å². The van der Waals surface area contributed by atoms with E-state index in [9.17, 15) is 4.79 Å². The second-order valence-electron chi connectivity index (χ2n) is 11.0. The van der Waals surface area contributed by atoms with Crippen LogP contribution in [-0.2, 0) is 15.8 Å². The van der Waals surface area contributed by atoms with Gasteiger partial charge in [0, 0.05) is 37.2 Å². The second-order valence-corrected chi connectivity index (χ2v) is 16.7. The fraction of sp³-hybridized carbons (Fsp3) is 0.464. The summed E-state index contributed by atoms with van der Waals surface area (Å²) in [7, 11) is -0.0809. The highest BCUT2D eigenvalue weighted by atomic mass is 32.1. The summed E-state index contributed by atoms with van der Waals surface area (Å²) in [5.74, 6) is -0.265. The normalized spacial score (nSPS) is 15.1. The first-order valence-electron chi connectivity index (χ1n) is 12.8. The Labute approximate surface area is 225 Å². The molecule has 7 nitrogen and oxygen atoms in total. The number of anilines is 2. The highest BCUT2D eigenvalue weighted by molar-refractivity contribution is 7.14. The summed E-state index contributed by atoms with van der Waals surface area (Å²) in [6, 6.07) is 11.7. The standard InChI is InChI=1S/C28H38N4O3SSi/c1-28(2,3)37(5,6)35-22-13-15-32(16-14-22)21-11-12-24(29-17-21)26(33)31-27-30-25(19-36-27)23-10-8-7-9-20(23)18-34-4/h7-12,17,19,22H,13-16,18H2,1-6H3,(H,30,31,33). The minimum atomic E-state index is -1.76. The van der Waals surface area contributed by atoms with E-state index in [-0.39, 0.29) is 10.9 Å². The smallest absolute Gasteiger partial charge is 0.276 e. The molecule has 37 heavy (non-hydrogen) atoms. The predicted molar refractivity (Wildman–Crippen MR) is 154 cm³/mol.